The number of hydrogen-bond acceptors (Lipinski definition) is 3. The van der Waals surface area contributed by atoms with E-state index in [1.807, 2.05) is 11.0 Å². The molecule has 0 radical (unpaired) electrons. The van der Waals surface area contributed by atoms with Crippen molar-refractivity contribution in [3.63, 3.8) is 0 Å². The van der Waals surface area contributed by atoms with Crippen LogP contribution in [0.25, 0.3) is 0 Å². The van der Waals surface area contributed by atoms with Gasteiger partial charge in [0, 0.05) is 19.3 Å². The Labute approximate surface area is 139 Å². The Kier molecular flexibility index (Phi) is 5.33. The first-order chi connectivity index (χ1) is 11.7. The molecular formula is C19H18F2N2O. The summed E-state index contributed by atoms with van der Waals surface area (Å²) in [7, 11) is 0. The first-order valence-electron chi connectivity index (χ1n) is 7.77. The normalized spacial score (nSPS) is 13.7. The molecule has 0 amide bonds. The van der Waals surface area contributed by atoms with Gasteiger partial charge >= 0.3 is 0 Å². The van der Waals surface area contributed by atoms with Crippen molar-refractivity contribution in [3.05, 3.63) is 83.6 Å². The molecule has 0 saturated heterocycles. The molecule has 0 aromatic heterocycles. The highest BCUT2D eigenvalue weighted by molar-refractivity contribution is 5.57. The van der Waals surface area contributed by atoms with E-state index >= 15 is 0 Å². The van der Waals surface area contributed by atoms with E-state index in [0.29, 0.717) is 13.2 Å². The molecule has 3 rings (SSSR count). The van der Waals surface area contributed by atoms with Crippen molar-refractivity contribution in [2.75, 3.05) is 19.7 Å². The van der Waals surface area contributed by atoms with Gasteiger partial charge in [0.25, 0.3) is 0 Å². The average Bonchev–Trinajstić information content (AvgIpc) is 2.62. The van der Waals surface area contributed by atoms with Crippen LogP contribution in [0.5, 0.6) is 0 Å². The minimum atomic E-state index is -0.372. The molecule has 3 nitrogen and oxygen atoms in total. The zero-order valence-electron chi connectivity index (χ0n) is 13.1. The summed E-state index contributed by atoms with van der Waals surface area (Å²) in [5.41, 5.74) is 1.66. The molecule has 1 heterocycles. The Balaban J connectivity index is 1.71. The van der Waals surface area contributed by atoms with E-state index in [2.05, 4.69) is 4.99 Å². The quantitative estimate of drug-likeness (QED) is 0.803. The number of ether oxygens (including phenoxy) is 1. The van der Waals surface area contributed by atoms with Gasteiger partial charge in [-0.25, -0.2) is 13.8 Å². The molecule has 0 spiro atoms. The summed E-state index contributed by atoms with van der Waals surface area (Å²) in [4.78, 5) is 6.11. The van der Waals surface area contributed by atoms with Gasteiger partial charge in [0.2, 0.25) is 0 Å². The Morgan fingerprint density at radius 1 is 0.958 bits per heavy atom. The number of aliphatic imine (C=N–C) groups is 1. The molecular weight excluding hydrogens is 310 g/mol. The van der Waals surface area contributed by atoms with Gasteiger partial charge in [-0.2, -0.15) is 0 Å². The van der Waals surface area contributed by atoms with Gasteiger partial charge in [-0.15, -0.1) is 0 Å². The molecule has 1 aliphatic rings. The second-order valence-electron chi connectivity index (χ2n) is 5.50. The van der Waals surface area contributed by atoms with Crippen LogP contribution in [0.2, 0.25) is 0 Å². The van der Waals surface area contributed by atoms with Crippen LogP contribution in [-0.2, 0) is 4.74 Å². The topological polar surface area (TPSA) is 24.8 Å². The summed E-state index contributed by atoms with van der Waals surface area (Å²) in [6.07, 6.45) is 5.13. The maximum absolute atomic E-state index is 13.2. The molecule has 24 heavy (non-hydrogen) atoms. The highest BCUT2D eigenvalue weighted by Crippen LogP contribution is 2.26. The van der Waals surface area contributed by atoms with Crippen LogP contribution in [0.4, 0.5) is 8.78 Å². The standard InChI is InChI=1S/C19H18F2N2O/c20-17-6-2-15(3-7-17)19(16-4-8-18(21)9-5-16)24-13-12-23-11-1-10-22-14-23/h1-10,14,19H,11-13H2. The highest BCUT2D eigenvalue weighted by Gasteiger charge is 2.15. The number of hydrogen-bond donors (Lipinski definition) is 0. The Hall–Kier alpha value is -2.53. The summed E-state index contributed by atoms with van der Waals surface area (Å²) in [5, 5.41) is 0. The second kappa shape index (κ2) is 7.84. The zero-order valence-corrected chi connectivity index (χ0v) is 13.1. The van der Waals surface area contributed by atoms with E-state index in [0.717, 1.165) is 17.7 Å². The molecule has 124 valence electrons. The summed E-state index contributed by atoms with van der Waals surface area (Å²) in [6, 6.07) is 12.4. The lowest BCUT2D eigenvalue weighted by molar-refractivity contribution is 0.0725. The largest absolute Gasteiger partial charge is 0.367 e. The Bertz CT molecular complexity index is 666. The van der Waals surface area contributed by atoms with E-state index in [-0.39, 0.29) is 17.7 Å². The number of halogens is 2. The van der Waals surface area contributed by atoms with E-state index < -0.39 is 0 Å². The zero-order chi connectivity index (χ0) is 16.8. The number of benzene rings is 2. The van der Waals surface area contributed by atoms with Crippen LogP contribution in [0.15, 0.2) is 65.8 Å². The van der Waals surface area contributed by atoms with Crippen LogP contribution in [0.3, 0.4) is 0 Å². The van der Waals surface area contributed by atoms with Crippen molar-refractivity contribution in [1.29, 1.82) is 0 Å². The lowest BCUT2D eigenvalue weighted by atomic mass is 10.0. The maximum atomic E-state index is 13.2. The first kappa shape index (κ1) is 16.3. The molecule has 5 heteroatoms. The minimum absolute atomic E-state index is 0.298. The van der Waals surface area contributed by atoms with Crippen molar-refractivity contribution in [2.45, 2.75) is 6.10 Å². The molecule has 2 aromatic carbocycles. The molecule has 0 fully saturated rings. The molecule has 0 atom stereocenters. The molecule has 2 aromatic rings. The van der Waals surface area contributed by atoms with Crippen molar-refractivity contribution in [1.82, 2.24) is 4.90 Å². The van der Waals surface area contributed by atoms with Gasteiger partial charge in [0.05, 0.1) is 12.9 Å². The van der Waals surface area contributed by atoms with Crippen molar-refractivity contribution < 1.29 is 13.5 Å². The second-order valence-corrected chi connectivity index (χ2v) is 5.50. The summed E-state index contributed by atoms with van der Waals surface area (Å²) >= 11 is 0. The van der Waals surface area contributed by atoms with Gasteiger partial charge < -0.3 is 9.64 Å². The average molecular weight is 328 g/mol. The van der Waals surface area contributed by atoms with Gasteiger partial charge in [0.15, 0.2) is 0 Å². The molecule has 0 aliphatic carbocycles. The minimum Gasteiger partial charge on any atom is -0.367 e. The van der Waals surface area contributed by atoms with E-state index in [1.165, 1.54) is 24.3 Å². The number of nitrogens with zero attached hydrogens (tertiary/aromatic N) is 2. The first-order valence-corrected chi connectivity index (χ1v) is 7.77. The van der Waals surface area contributed by atoms with Crippen LogP contribution < -0.4 is 0 Å². The van der Waals surface area contributed by atoms with Gasteiger partial charge in [0.1, 0.15) is 17.7 Å². The Morgan fingerprint density at radius 2 is 1.54 bits per heavy atom. The van der Waals surface area contributed by atoms with Crippen molar-refractivity contribution in [3.8, 4) is 0 Å². The monoisotopic (exact) mass is 328 g/mol. The molecule has 1 aliphatic heterocycles. The third-order valence-electron chi connectivity index (χ3n) is 3.77. The fraction of sp³-hybridized carbons (Fsp3) is 0.211. The summed E-state index contributed by atoms with van der Waals surface area (Å²) in [6.45, 7) is 1.95. The van der Waals surface area contributed by atoms with Crippen molar-refractivity contribution >= 4 is 6.34 Å². The van der Waals surface area contributed by atoms with Crippen LogP contribution >= 0.6 is 0 Å². The lowest BCUT2D eigenvalue weighted by Crippen LogP contribution is -2.28. The predicted octanol–water partition coefficient (Wildman–Crippen LogP) is 3.93. The third kappa shape index (κ3) is 4.26. The highest BCUT2D eigenvalue weighted by atomic mass is 19.1. The fourth-order valence-electron chi connectivity index (χ4n) is 2.52. The number of rotatable bonds is 6. The Morgan fingerprint density at radius 3 is 2.04 bits per heavy atom. The fourth-order valence-corrected chi connectivity index (χ4v) is 2.52. The smallest absolute Gasteiger partial charge is 0.123 e. The van der Waals surface area contributed by atoms with Crippen LogP contribution in [-0.4, -0.2) is 30.9 Å². The van der Waals surface area contributed by atoms with E-state index in [4.69, 9.17) is 4.74 Å². The van der Waals surface area contributed by atoms with Gasteiger partial charge in [-0.05, 0) is 41.5 Å². The van der Waals surface area contributed by atoms with Crippen molar-refractivity contribution in [2.24, 2.45) is 4.99 Å². The molecule has 0 unspecified atom stereocenters. The van der Waals surface area contributed by atoms with Crippen LogP contribution in [0.1, 0.15) is 17.2 Å². The van der Waals surface area contributed by atoms with E-state index in [9.17, 15) is 8.78 Å². The lowest BCUT2D eigenvalue weighted by Gasteiger charge is -2.23. The summed E-state index contributed by atoms with van der Waals surface area (Å²) < 4.78 is 32.4. The van der Waals surface area contributed by atoms with Gasteiger partial charge in [-0.1, -0.05) is 24.3 Å². The summed E-state index contributed by atoms with van der Waals surface area (Å²) in [5.74, 6) is -0.596. The molecule has 0 saturated carbocycles. The molecule has 0 bridgehead atoms. The predicted molar refractivity (Wildman–Crippen MR) is 89.8 cm³/mol. The van der Waals surface area contributed by atoms with E-state index in [1.54, 1.807) is 36.8 Å². The molecule has 0 N–H and O–H groups in total. The van der Waals surface area contributed by atoms with Crippen LogP contribution in [0, 0.1) is 11.6 Å². The maximum Gasteiger partial charge on any atom is 0.123 e. The van der Waals surface area contributed by atoms with Gasteiger partial charge in [-0.3, -0.25) is 0 Å². The third-order valence-corrected chi connectivity index (χ3v) is 3.77. The SMILES string of the molecule is Fc1ccc(C(OCCN2C=NC=CC2)c2ccc(F)cc2)cc1.